The SMILES string of the molecule is O=C(Nc1ccccc1Cc1nc(-c2cnccn2)no1)c1ccc(F)cc1F. The van der Waals surface area contributed by atoms with E-state index >= 15 is 0 Å². The molecule has 0 unspecified atom stereocenters. The van der Waals surface area contributed by atoms with Gasteiger partial charge < -0.3 is 9.84 Å². The number of benzene rings is 2. The lowest BCUT2D eigenvalue weighted by atomic mass is 10.1. The van der Waals surface area contributed by atoms with Gasteiger partial charge in [0.25, 0.3) is 5.91 Å². The highest BCUT2D eigenvalue weighted by atomic mass is 19.1. The summed E-state index contributed by atoms with van der Waals surface area (Å²) in [6, 6.07) is 9.71. The van der Waals surface area contributed by atoms with Gasteiger partial charge in [0.2, 0.25) is 11.7 Å². The summed E-state index contributed by atoms with van der Waals surface area (Å²) in [7, 11) is 0. The van der Waals surface area contributed by atoms with Crippen LogP contribution in [0.5, 0.6) is 0 Å². The maximum absolute atomic E-state index is 13.9. The van der Waals surface area contributed by atoms with Crippen LogP contribution in [0.3, 0.4) is 0 Å². The highest BCUT2D eigenvalue weighted by Gasteiger charge is 2.16. The Morgan fingerprint density at radius 3 is 2.76 bits per heavy atom. The van der Waals surface area contributed by atoms with Gasteiger partial charge >= 0.3 is 0 Å². The number of hydrogen-bond donors (Lipinski definition) is 1. The number of halogens is 2. The Hall–Kier alpha value is -4.01. The van der Waals surface area contributed by atoms with Crippen LogP contribution in [0.25, 0.3) is 11.5 Å². The number of carbonyl (C=O) groups excluding carboxylic acids is 1. The van der Waals surface area contributed by atoms with Crippen LogP contribution in [0.2, 0.25) is 0 Å². The normalized spacial score (nSPS) is 10.7. The first-order valence-corrected chi connectivity index (χ1v) is 8.53. The molecular formula is C20H13F2N5O2. The van der Waals surface area contributed by atoms with E-state index in [-0.39, 0.29) is 12.0 Å². The van der Waals surface area contributed by atoms with Crippen molar-refractivity contribution in [3.8, 4) is 11.5 Å². The second kappa shape index (κ2) is 7.93. The van der Waals surface area contributed by atoms with Crippen molar-refractivity contribution in [2.24, 2.45) is 0 Å². The van der Waals surface area contributed by atoms with Gasteiger partial charge in [-0.25, -0.2) is 13.8 Å². The lowest BCUT2D eigenvalue weighted by Gasteiger charge is -2.10. The molecule has 2 heterocycles. The van der Waals surface area contributed by atoms with Crippen LogP contribution in [-0.4, -0.2) is 26.0 Å². The summed E-state index contributed by atoms with van der Waals surface area (Å²) >= 11 is 0. The molecule has 1 N–H and O–H groups in total. The fourth-order valence-electron chi connectivity index (χ4n) is 2.67. The first-order valence-electron chi connectivity index (χ1n) is 8.53. The zero-order valence-corrected chi connectivity index (χ0v) is 14.8. The molecule has 2 aromatic carbocycles. The smallest absolute Gasteiger partial charge is 0.258 e. The van der Waals surface area contributed by atoms with Gasteiger partial charge in [-0.2, -0.15) is 4.98 Å². The van der Waals surface area contributed by atoms with E-state index in [0.717, 1.165) is 12.1 Å². The molecule has 4 rings (SSSR count). The van der Waals surface area contributed by atoms with Crippen LogP contribution in [-0.2, 0) is 6.42 Å². The van der Waals surface area contributed by atoms with Crippen LogP contribution in [0.1, 0.15) is 21.8 Å². The van der Waals surface area contributed by atoms with E-state index < -0.39 is 17.5 Å². The van der Waals surface area contributed by atoms with Crippen molar-refractivity contribution in [2.75, 3.05) is 5.32 Å². The van der Waals surface area contributed by atoms with E-state index in [1.54, 1.807) is 24.3 Å². The highest BCUT2D eigenvalue weighted by molar-refractivity contribution is 6.04. The Balaban J connectivity index is 1.54. The molecule has 0 saturated carbocycles. The zero-order chi connectivity index (χ0) is 20.2. The number of aromatic nitrogens is 4. The Morgan fingerprint density at radius 1 is 1.10 bits per heavy atom. The lowest BCUT2D eigenvalue weighted by molar-refractivity contribution is 0.102. The molecule has 144 valence electrons. The molecular weight excluding hydrogens is 380 g/mol. The van der Waals surface area contributed by atoms with Crippen molar-refractivity contribution >= 4 is 11.6 Å². The van der Waals surface area contributed by atoms with E-state index in [2.05, 4.69) is 25.4 Å². The predicted octanol–water partition coefficient (Wildman–Crippen LogP) is 3.65. The molecule has 1 amide bonds. The monoisotopic (exact) mass is 393 g/mol. The molecule has 0 aliphatic heterocycles. The molecule has 0 fully saturated rings. The maximum atomic E-state index is 13.9. The molecule has 0 spiro atoms. The summed E-state index contributed by atoms with van der Waals surface area (Å²) in [5, 5.41) is 6.51. The topological polar surface area (TPSA) is 93.8 Å². The van der Waals surface area contributed by atoms with Crippen molar-refractivity contribution in [3.05, 3.63) is 89.7 Å². The molecule has 0 saturated heterocycles. The average Bonchev–Trinajstić information content (AvgIpc) is 3.18. The Kier molecular flexibility index (Phi) is 5.02. The fraction of sp³-hybridized carbons (Fsp3) is 0.0500. The summed E-state index contributed by atoms with van der Waals surface area (Å²) in [5.74, 6) is -1.79. The molecule has 0 bridgehead atoms. The van der Waals surface area contributed by atoms with E-state index in [1.807, 2.05) is 0 Å². The predicted molar refractivity (Wildman–Crippen MR) is 98.9 cm³/mol. The van der Waals surface area contributed by atoms with Crippen LogP contribution in [0.15, 0.2) is 65.6 Å². The van der Waals surface area contributed by atoms with Gasteiger partial charge in [0.1, 0.15) is 17.3 Å². The molecule has 0 aliphatic carbocycles. The number of nitrogens with zero attached hydrogens (tertiary/aromatic N) is 4. The van der Waals surface area contributed by atoms with E-state index in [1.165, 1.54) is 18.6 Å². The largest absolute Gasteiger partial charge is 0.339 e. The number of carbonyl (C=O) groups is 1. The van der Waals surface area contributed by atoms with E-state index in [4.69, 9.17) is 4.52 Å². The number of para-hydroxylation sites is 1. The first-order chi connectivity index (χ1) is 14.1. The number of rotatable bonds is 5. The summed E-state index contributed by atoms with van der Waals surface area (Å²) in [6.45, 7) is 0. The van der Waals surface area contributed by atoms with Crippen molar-refractivity contribution in [1.29, 1.82) is 0 Å². The van der Waals surface area contributed by atoms with Crippen LogP contribution < -0.4 is 5.32 Å². The molecule has 29 heavy (non-hydrogen) atoms. The van der Waals surface area contributed by atoms with Crippen molar-refractivity contribution in [1.82, 2.24) is 20.1 Å². The Morgan fingerprint density at radius 2 is 1.97 bits per heavy atom. The third-order valence-corrected chi connectivity index (χ3v) is 4.04. The summed E-state index contributed by atoms with van der Waals surface area (Å²) in [5.41, 5.74) is 1.33. The molecule has 9 heteroatoms. The highest BCUT2D eigenvalue weighted by Crippen LogP contribution is 2.21. The molecule has 2 aromatic heterocycles. The van der Waals surface area contributed by atoms with Gasteiger partial charge in [-0.05, 0) is 23.8 Å². The minimum atomic E-state index is -0.939. The van der Waals surface area contributed by atoms with Gasteiger partial charge in [0, 0.05) is 24.1 Å². The van der Waals surface area contributed by atoms with Crippen molar-refractivity contribution in [3.63, 3.8) is 0 Å². The number of amides is 1. The maximum Gasteiger partial charge on any atom is 0.258 e. The van der Waals surface area contributed by atoms with Gasteiger partial charge in [-0.3, -0.25) is 9.78 Å². The minimum absolute atomic E-state index is 0.232. The third-order valence-electron chi connectivity index (χ3n) is 4.04. The third kappa shape index (κ3) is 4.13. The second-order valence-electron chi connectivity index (χ2n) is 6.01. The summed E-state index contributed by atoms with van der Waals surface area (Å²) in [4.78, 5) is 24.7. The standard InChI is InChI=1S/C20H13F2N5O2/c21-13-5-6-14(15(22)10-13)20(28)25-16-4-2-1-3-12(16)9-18-26-19(27-29-18)17-11-23-7-8-24-17/h1-8,10-11H,9H2,(H,25,28). The van der Waals surface area contributed by atoms with Gasteiger partial charge in [-0.1, -0.05) is 23.4 Å². The quantitative estimate of drug-likeness (QED) is 0.556. The fourth-order valence-corrected chi connectivity index (χ4v) is 2.67. The number of hydrogen-bond acceptors (Lipinski definition) is 6. The second-order valence-corrected chi connectivity index (χ2v) is 6.01. The van der Waals surface area contributed by atoms with Gasteiger partial charge in [-0.15, -0.1) is 0 Å². The molecule has 0 radical (unpaired) electrons. The van der Waals surface area contributed by atoms with Crippen molar-refractivity contribution in [2.45, 2.75) is 6.42 Å². The molecule has 0 aliphatic rings. The lowest BCUT2D eigenvalue weighted by Crippen LogP contribution is -2.15. The van der Waals surface area contributed by atoms with Gasteiger partial charge in [0.05, 0.1) is 18.2 Å². The first kappa shape index (κ1) is 18.4. The average molecular weight is 393 g/mol. The summed E-state index contributed by atoms with van der Waals surface area (Å²) < 4.78 is 32.2. The Bertz CT molecular complexity index is 1160. The van der Waals surface area contributed by atoms with E-state index in [9.17, 15) is 13.6 Å². The molecule has 0 atom stereocenters. The zero-order valence-electron chi connectivity index (χ0n) is 14.8. The van der Waals surface area contributed by atoms with Gasteiger partial charge in [0.15, 0.2) is 0 Å². The van der Waals surface area contributed by atoms with Crippen LogP contribution in [0, 0.1) is 11.6 Å². The summed E-state index contributed by atoms with van der Waals surface area (Å²) in [6.07, 6.45) is 4.80. The number of anilines is 1. The van der Waals surface area contributed by atoms with Crippen LogP contribution in [0.4, 0.5) is 14.5 Å². The number of nitrogens with one attached hydrogen (secondary N) is 1. The van der Waals surface area contributed by atoms with E-state index in [0.29, 0.717) is 34.7 Å². The van der Waals surface area contributed by atoms with Crippen molar-refractivity contribution < 1.29 is 18.1 Å². The minimum Gasteiger partial charge on any atom is -0.339 e. The molecule has 4 aromatic rings. The molecule has 7 nitrogen and oxygen atoms in total. The Labute approximate surface area is 163 Å². The van der Waals surface area contributed by atoms with Crippen LogP contribution >= 0.6 is 0 Å².